The van der Waals surface area contributed by atoms with Crippen LogP contribution in [0.5, 0.6) is 0 Å². The van der Waals surface area contributed by atoms with Crippen LogP contribution in [0.1, 0.15) is 22.8 Å². The van der Waals surface area contributed by atoms with E-state index in [1.165, 1.54) is 12.1 Å². The fraction of sp³-hybridized carbons (Fsp3) is 0.143. The highest BCUT2D eigenvalue weighted by molar-refractivity contribution is 7.92. The van der Waals surface area contributed by atoms with E-state index in [-0.39, 0.29) is 16.5 Å². The highest BCUT2D eigenvalue weighted by Gasteiger charge is 2.16. The minimum atomic E-state index is -4.01. The van der Waals surface area contributed by atoms with Crippen LogP contribution < -0.4 is 15.4 Å². The summed E-state index contributed by atoms with van der Waals surface area (Å²) < 4.78 is 53.3. The van der Waals surface area contributed by atoms with E-state index in [9.17, 15) is 22.0 Å². The zero-order valence-corrected chi connectivity index (χ0v) is 17.3. The van der Waals surface area contributed by atoms with Gasteiger partial charge in [0.1, 0.15) is 10.7 Å². The van der Waals surface area contributed by atoms with Gasteiger partial charge in [-0.15, -0.1) is 0 Å². The number of nitrogens with zero attached hydrogens (tertiary/aromatic N) is 1. The van der Waals surface area contributed by atoms with Gasteiger partial charge in [0.25, 0.3) is 15.9 Å². The maximum atomic E-state index is 13.3. The molecule has 1 heterocycles. The van der Waals surface area contributed by atoms with Crippen LogP contribution in [-0.4, -0.2) is 25.9 Å². The Balaban J connectivity index is 1.61. The molecule has 0 radical (unpaired) electrons. The normalized spacial score (nSPS) is 11.1. The third-order valence-corrected chi connectivity index (χ3v) is 5.61. The largest absolute Gasteiger partial charge is 0.366 e. The number of aromatic nitrogens is 1. The van der Waals surface area contributed by atoms with Crippen LogP contribution in [0.4, 0.5) is 20.3 Å². The summed E-state index contributed by atoms with van der Waals surface area (Å²) in [6, 6.07) is 12.6. The van der Waals surface area contributed by atoms with E-state index in [1.54, 1.807) is 12.1 Å². The molecule has 2 aromatic carbocycles. The SMILES string of the molecule is CCNC(=O)c1ccc(CNc2ccc(S(=O)(=O)Nc3ccc(F)c(F)c3)cn2)cc1. The molecule has 0 saturated heterocycles. The van der Waals surface area contributed by atoms with Gasteiger partial charge >= 0.3 is 0 Å². The molecule has 1 aromatic heterocycles. The average molecular weight is 446 g/mol. The van der Waals surface area contributed by atoms with Crippen molar-refractivity contribution in [3.63, 3.8) is 0 Å². The van der Waals surface area contributed by atoms with Crippen molar-refractivity contribution >= 4 is 27.4 Å². The van der Waals surface area contributed by atoms with Crippen molar-refractivity contribution in [2.24, 2.45) is 0 Å². The number of sulfonamides is 1. The summed E-state index contributed by atoms with van der Waals surface area (Å²) in [4.78, 5) is 15.7. The molecule has 0 spiro atoms. The molecule has 7 nitrogen and oxygen atoms in total. The predicted octanol–water partition coefficient (Wildman–Crippen LogP) is 3.52. The van der Waals surface area contributed by atoms with Gasteiger partial charge < -0.3 is 10.6 Å². The maximum Gasteiger partial charge on any atom is 0.263 e. The minimum absolute atomic E-state index is 0.0998. The van der Waals surface area contributed by atoms with Crippen molar-refractivity contribution in [2.45, 2.75) is 18.4 Å². The molecule has 3 rings (SSSR count). The first-order valence-corrected chi connectivity index (χ1v) is 10.8. The number of pyridine rings is 1. The van der Waals surface area contributed by atoms with Crippen LogP contribution in [0, 0.1) is 11.6 Å². The Kier molecular flexibility index (Phi) is 6.81. The van der Waals surface area contributed by atoms with E-state index < -0.39 is 21.7 Å². The third-order valence-electron chi connectivity index (χ3n) is 4.25. The Labute approximate surface area is 178 Å². The molecule has 3 N–H and O–H groups in total. The number of benzene rings is 2. The molecule has 0 aliphatic heterocycles. The minimum Gasteiger partial charge on any atom is -0.366 e. The molecule has 0 fully saturated rings. The fourth-order valence-electron chi connectivity index (χ4n) is 2.65. The summed E-state index contributed by atoms with van der Waals surface area (Å²) in [5, 5.41) is 5.78. The quantitative estimate of drug-likeness (QED) is 0.492. The standard InChI is InChI=1S/C21H20F2N4O3S/c1-2-24-21(28)15-5-3-14(4-6-15)12-25-20-10-8-17(13-26-20)31(29,30)27-16-7-9-18(22)19(23)11-16/h3-11,13,27H,2,12H2,1H3,(H,24,28)(H,25,26). The number of carbonyl (C=O) groups excluding carboxylic acids is 1. The van der Waals surface area contributed by atoms with Crippen LogP contribution in [-0.2, 0) is 16.6 Å². The lowest BCUT2D eigenvalue weighted by Gasteiger charge is -2.10. The number of amides is 1. The number of rotatable bonds is 8. The van der Waals surface area contributed by atoms with Crippen molar-refractivity contribution in [1.29, 1.82) is 0 Å². The summed E-state index contributed by atoms with van der Waals surface area (Å²) in [7, 11) is -4.01. The smallest absolute Gasteiger partial charge is 0.263 e. The molecule has 1 amide bonds. The molecule has 0 aliphatic carbocycles. The molecule has 0 aliphatic rings. The first kappa shape index (κ1) is 22.2. The summed E-state index contributed by atoms with van der Waals surface area (Å²) in [5.41, 5.74) is 1.37. The van der Waals surface area contributed by atoms with E-state index >= 15 is 0 Å². The Morgan fingerprint density at radius 2 is 1.74 bits per heavy atom. The Bertz CT molecular complexity index is 1170. The van der Waals surface area contributed by atoms with Gasteiger partial charge in [0.15, 0.2) is 11.6 Å². The number of hydrogen-bond acceptors (Lipinski definition) is 5. The monoisotopic (exact) mass is 446 g/mol. The molecule has 0 unspecified atom stereocenters. The summed E-state index contributed by atoms with van der Waals surface area (Å²) in [5.74, 6) is -1.92. The zero-order chi connectivity index (χ0) is 22.4. The summed E-state index contributed by atoms with van der Waals surface area (Å²) in [6.07, 6.45) is 1.16. The van der Waals surface area contributed by atoms with Crippen molar-refractivity contribution in [3.8, 4) is 0 Å². The molecular formula is C21H20F2N4O3S. The van der Waals surface area contributed by atoms with Crippen LogP contribution in [0.3, 0.4) is 0 Å². The van der Waals surface area contributed by atoms with Gasteiger partial charge in [-0.25, -0.2) is 22.2 Å². The van der Waals surface area contributed by atoms with Crippen molar-refractivity contribution in [1.82, 2.24) is 10.3 Å². The Morgan fingerprint density at radius 3 is 2.35 bits per heavy atom. The van der Waals surface area contributed by atoms with Gasteiger partial charge in [-0.1, -0.05) is 12.1 Å². The van der Waals surface area contributed by atoms with Gasteiger partial charge in [0.05, 0.1) is 5.69 Å². The molecule has 0 atom stereocenters. The first-order valence-electron chi connectivity index (χ1n) is 9.33. The van der Waals surface area contributed by atoms with Gasteiger partial charge in [-0.05, 0) is 48.9 Å². The molecule has 162 valence electrons. The molecule has 0 saturated carbocycles. The molecular weight excluding hydrogens is 426 g/mol. The van der Waals surface area contributed by atoms with E-state index in [4.69, 9.17) is 0 Å². The Morgan fingerprint density at radius 1 is 1.00 bits per heavy atom. The van der Waals surface area contributed by atoms with E-state index in [2.05, 4.69) is 20.3 Å². The third kappa shape index (κ3) is 5.76. The van der Waals surface area contributed by atoms with Gasteiger partial charge in [0, 0.05) is 30.9 Å². The van der Waals surface area contributed by atoms with E-state index in [1.807, 2.05) is 19.1 Å². The zero-order valence-electron chi connectivity index (χ0n) is 16.5. The maximum absolute atomic E-state index is 13.3. The van der Waals surface area contributed by atoms with Gasteiger partial charge in [0.2, 0.25) is 0 Å². The van der Waals surface area contributed by atoms with Crippen LogP contribution in [0.25, 0.3) is 0 Å². The molecule has 0 bridgehead atoms. The predicted molar refractivity (Wildman–Crippen MR) is 113 cm³/mol. The van der Waals surface area contributed by atoms with Crippen LogP contribution in [0.2, 0.25) is 0 Å². The lowest BCUT2D eigenvalue weighted by atomic mass is 10.1. The second-order valence-electron chi connectivity index (χ2n) is 6.52. The number of hydrogen-bond donors (Lipinski definition) is 3. The van der Waals surface area contributed by atoms with E-state index in [0.29, 0.717) is 24.5 Å². The Hall–Kier alpha value is -3.53. The van der Waals surface area contributed by atoms with Crippen molar-refractivity contribution < 1.29 is 22.0 Å². The van der Waals surface area contributed by atoms with E-state index in [0.717, 1.165) is 30.0 Å². The molecule has 10 heteroatoms. The molecule has 31 heavy (non-hydrogen) atoms. The van der Waals surface area contributed by atoms with Gasteiger partial charge in [-0.2, -0.15) is 0 Å². The number of halogens is 2. The number of anilines is 2. The van der Waals surface area contributed by atoms with Crippen molar-refractivity contribution in [3.05, 3.63) is 83.6 Å². The summed E-state index contributed by atoms with van der Waals surface area (Å²) in [6.45, 7) is 2.82. The first-order chi connectivity index (χ1) is 14.8. The molecule has 3 aromatic rings. The van der Waals surface area contributed by atoms with Crippen LogP contribution in [0.15, 0.2) is 65.7 Å². The van der Waals surface area contributed by atoms with Crippen LogP contribution >= 0.6 is 0 Å². The lowest BCUT2D eigenvalue weighted by molar-refractivity contribution is 0.0956. The average Bonchev–Trinajstić information content (AvgIpc) is 2.75. The topological polar surface area (TPSA) is 100 Å². The highest BCUT2D eigenvalue weighted by Crippen LogP contribution is 2.19. The lowest BCUT2D eigenvalue weighted by Crippen LogP contribution is -2.22. The fourth-order valence-corrected chi connectivity index (χ4v) is 3.64. The second-order valence-corrected chi connectivity index (χ2v) is 8.21. The highest BCUT2D eigenvalue weighted by atomic mass is 32.2. The van der Waals surface area contributed by atoms with Gasteiger partial charge in [-0.3, -0.25) is 9.52 Å². The number of carbonyl (C=O) groups is 1. The summed E-state index contributed by atoms with van der Waals surface area (Å²) >= 11 is 0. The number of nitrogens with one attached hydrogen (secondary N) is 3. The second kappa shape index (κ2) is 9.52. The van der Waals surface area contributed by atoms with Crippen molar-refractivity contribution in [2.75, 3.05) is 16.6 Å².